The molecule has 0 spiro atoms. The fourth-order valence-corrected chi connectivity index (χ4v) is 2.86. The predicted molar refractivity (Wildman–Crippen MR) is 112 cm³/mol. The molecule has 0 N–H and O–H groups in total. The number of aromatic nitrogens is 2. The van der Waals surface area contributed by atoms with Gasteiger partial charge in [0, 0.05) is 22.6 Å². The van der Waals surface area contributed by atoms with Gasteiger partial charge in [-0.1, -0.05) is 38.4 Å². The van der Waals surface area contributed by atoms with E-state index in [0.717, 1.165) is 5.69 Å². The first-order valence-electron chi connectivity index (χ1n) is 9.03. The van der Waals surface area contributed by atoms with Crippen molar-refractivity contribution in [1.82, 2.24) is 9.78 Å². The Kier molecular flexibility index (Phi) is 5.84. The second kappa shape index (κ2) is 8.17. The van der Waals surface area contributed by atoms with Crippen molar-refractivity contribution in [3.8, 4) is 23.1 Å². The quantitative estimate of drug-likeness (QED) is 0.546. The highest BCUT2D eigenvalue weighted by atomic mass is 35.5. The molecule has 0 saturated heterocycles. The standard InChI is InChI=1S/C22H23ClN2O4/c1-22(2,3)19-13-20(25(24-19)16-8-6-7-15(23)11-16)29-21(26)14-9-17(27-4)12-18(10-14)28-5/h6-13H,1-5H3. The van der Waals surface area contributed by atoms with Crippen LogP contribution in [0.25, 0.3) is 5.69 Å². The molecule has 7 heteroatoms. The summed E-state index contributed by atoms with van der Waals surface area (Å²) in [6.07, 6.45) is 0. The van der Waals surface area contributed by atoms with Crippen molar-refractivity contribution in [2.75, 3.05) is 14.2 Å². The average molecular weight is 415 g/mol. The van der Waals surface area contributed by atoms with E-state index in [-0.39, 0.29) is 5.41 Å². The van der Waals surface area contributed by atoms with E-state index in [1.165, 1.54) is 14.2 Å². The van der Waals surface area contributed by atoms with E-state index in [1.807, 2.05) is 32.9 Å². The van der Waals surface area contributed by atoms with Gasteiger partial charge in [-0.05, 0) is 30.3 Å². The summed E-state index contributed by atoms with van der Waals surface area (Å²) in [5.74, 6) is 0.736. The van der Waals surface area contributed by atoms with Crippen LogP contribution in [0.4, 0.5) is 0 Å². The van der Waals surface area contributed by atoms with E-state index in [9.17, 15) is 4.79 Å². The number of carbonyl (C=O) groups is 1. The number of hydrogen-bond acceptors (Lipinski definition) is 5. The van der Waals surface area contributed by atoms with E-state index in [1.54, 1.807) is 41.1 Å². The zero-order valence-electron chi connectivity index (χ0n) is 17.0. The molecule has 0 aliphatic rings. The third-order valence-corrected chi connectivity index (χ3v) is 4.52. The summed E-state index contributed by atoms with van der Waals surface area (Å²) in [4.78, 5) is 12.9. The molecule has 152 valence electrons. The lowest BCUT2D eigenvalue weighted by molar-refractivity contribution is 0.0722. The minimum absolute atomic E-state index is 0.232. The molecule has 0 aliphatic heterocycles. The van der Waals surface area contributed by atoms with Gasteiger partial charge in [0.05, 0.1) is 31.2 Å². The lowest BCUT2D eigenvalue weighted by Gasteiger charge is -2.13. The molecule has 0 radical (unpaired) electrons. The van der Waals surface area contributed by atoms with Crippen LogP contribution in [0.1, 0.15) is 36.8 Å². The number of nitrogens with zero attached hydrogens (tertiary/aromatic N) is 2. The minimum Gasteiger partial charge on any atom is -0.497 e. The predicted octanol–water partition coefficient (Wildman–Crippen LogP) is 5.06. The molecule has 0 saturated carbocycles. The summed E-state index contributed by atoms with van der Waals surface area (Å²) in [5, 5.41) is 5.20. The van der Waals surface area contributed by atoms with Crippen LogP contribution in [0.15, 0.2) is 48.5 Å². The maximum Gasteiger partial charge on any atom is 0.345 e. The van der Waals surface area contributed by atoms with E-state index in [4.69, 9.17) is 25.8 Å². The van der Waals surface area contributed by atoms with Gasteiger partial charge in [-0.2, -0.15) is 5.10 Å². The smallest absolute Gasteiger partial charge is 0.345 e. The molecular weight excluding hydrogens is 392 g/mol. The maximum absolute atomic E-state index is 12.9. The molecule has 0 fully saturated rings. The summed E-state index contributed by atoms with van der Waals surface area (Å²) in [5.41, 5.74) is 1.55. The number of halogens is 1. The molecule has 0 bridgehead atoms. The van der Waals surface area contributed by atoms with Gasteiger partial charge < -0.3 is 14.2 Å². The Labute approximate surface area is 175 Å². The summed E-state index contributed by atoms with van der Waals surface area (Å²) < 4.78 is 17.7. The topological polar surface area (TPSA) is 62.6 Å². The van der Waals surface area contributed by atoms with Crippen molar-refractivity contribution in [3.05, 3.63) is 64.8 Å². The SMILES string of the molecule is COc1cc(OC)cc(C(=O)Oc2cc(C(C)(C)C)nn2-c2cccc(Cl)c2)c1. The van der Waals surface area contributed by atoms with Crippen molar-refractivity contribution in [2.24, 2.45) is 0 Å². The first-order chi connectivity index (χ1) is 13.7. The Balaban J connectivity index is 2.02. The fourth-order valence-electron chi connectivity index (χ4n) is 2.68. The van der Waals surface area contributed by atoms with Crippen LogP contribution in [0.3, 0.4) is 0 Å². The summed E-state index contributed by atoms with van der Waals surface area (Å²) in [6.45, 7) is 6.11. The monoisotopic (exact) mass is 414 g/mol. The molecule has 2 aromatic carbocycles. The van der Waals surface area contributed by atoms with Crippen LogP contribution in [-0.4, -0.2) is 30.0 Å². The highest BCUT2D eigenvalue weighted by Gasteiger charge is 2.23. The van der Waals surface area contributed by atoms with Gasteiger partial charge in [-0.15, -0.1) is 0 Å². The molecule has 3 rings (SSSR count). The number of esters is 1. The Morgan fingerprint density at radius 1 is 1.00 bits per heavy atom. The van der Waals surface area contributed by atoms with Gasteiger partial charge in [-0.3, -0.25) is 0 Å². The lowest BCUT2D eigenvalue weighted by Crippen LogP contribution is -2.13. The minimum atomic E-state index is -0.550. The molecule has 1 heterocycles. The largest absolute Gasteiger partial charge is 0.497 e. The fraction of sp³-hybridized carbons (Fsp3) is 0.273. The van der Waals surface area contributed by atoms with E-state index in [2.05, 4.69) is 5.10 Å². The van der Waals surface area contributed by atoms with Gasteiger partial charge in [0.15, 0.2) is 0 Å². The average Bonchev–Trinajstić information content (AvgIpc) is 3.11. The van der Waals surface area contributed by atoms with Gasteiger partial charge in [0.1, 0.15) is 11.5 Å². The maximum atomic E-state index is 12.9. The third kappa shape index (κ3) is 4.71. The van der Waals surface area contributed by atoms with Gasteiger partial charge in [-0.25, -0.2) is 9.48 Å². The molecule has 0 unspecified atom stereocenters. The highest BCUT2D eigenvalue weighted by molar-refractivity contribution is 6.30. The van der Waals surface area contributed by atoms with Crippen LogP contribution >= 0.6 is 11.6 Å². The zero-order valence-corrected chi connectivity index (χ0v) is 17.8. The zero-order chi connectivity index (χ0) is 21.2. The van der Waals surface area contributed by atoms with Crippen LogP contribution in [0, 0.1) is 0 Å². The van der Waals surface area contributed by atoms with Crippen LogP contribution < -0.4 is 14.2 Å². The number of methoxy groups -OCH3 is 2. The third-order valence-electron chi connectivity index (χ3n) is 4.28. The molecule has 0 atom stereocenters. The van der Waals surface area contributed by atoms with Crippen LogP contribution in [0.5, 0.6) is 17.4 Å². The van der Waals surface area contributed by atoms with E-state index < -0.39 is 5.97 Å². The van der Waals surface area contributed by atoms with Crippen LogP contribution in [0.2, 0.25) is 5.02 Å². The number of ether oxygens (including phenoxy) is 3. The molecule has 29 heavy (non-hydrogen) atoms. The Hall–Kier alpha value is -2.99. The van der Waals surface area contributed by atoms with Gasteiger partial charge in [0.25, 0.3) is 0 Å². The second-order valence-corrected chi connectivity index (χ2v) is 7.94. The van der Waals surface area contributed by atoms with Gasteiger partial charge in [0.2, 0.25) is 5.88 Å². The molecule has 0 aliphatic carbocycles. The summed E-state index contributed by atoms with van der Waals surface area (Å²) in [7, 11) is 3.04. The number of benzene rings is 2. The Bertz CT molecular complexity index is 1020. The highest BCUT2D eigenvalue weighted by Crippen LogP contribution is 2.30. The normalized spacial score (nSPS) is 11.2. The van der Waals surface area contributed by atoms with Crippen molar-refractivity contribution < 1.29 is 19.0 Å². The first-order valence-corrected chi connectivity index (χ1v) is 9.41. The van der Waals surface area contributed by atoms with E-state index in [0.29, 0.717) is 33.7 Å². The summed E-state index contributed by atoms with van der Waals surface area (Å²) in [6, 6.07) is 13.8. The Morgan fingerprint density at radius 3 is 2.21 bits per heavy atom. The molecule has 3 aromatic rings. The summed E-state index contributed by atoms with van der Waals surface area (Å²) >= 11 is 6.14. The van der Waals surface area contributed by atoms with Crippen LogP contribution in [-0.2, 0) is 5.41 Å². The molecule has 1 aromatic heterocycles. The van der Waals surface area contributed by atoms with Gasteiger partial charge >= 0.3 is 5.97 Å². The van der Waals surface area contributed by atoms with E-state index >= 15 is 0 Å². The van der Waals surface area contributed by atoms with Crippen molar-refractivity contribution in [2.45, 2.75) is 26.2 Å². The van der Waals surface area contributed by atoms with Crippen molar-refractivity contribution in [3.63, 3.8) is 0 Å². The van der Waals surface area contributed by atoms with Crippen molar-refractivity contribution in [1.29, 1.82) is 0 Å². The molecular formula is C22H23ClN2O4. The lowest BCUT2D eigenvalue weighted by atomic mass is 9.93. The second-order valence-electron chi connectivity index (χ2n) is 7.50. The first kappa shape index (κ1) is 20.7. The van der Waals surface area contributed by atoms with Crippen molar-refractivity contribution >= 4 is 17.6 Å². The number of rotatable bonds is 5. The number of hydrogen-bond donors (Lipinski definition) is 0. The Morgan fingerprint density at radius 2 is 1.66 bits per heavy atom. The number of carbonyl (C=O) groups excluding carboxylic acids is 1. The molecule has 6 nitrogen and oxygen atoms in total. The molecule has 0 amide bonds.